The van der Waals surface area contributed by atoms with E-state index < -0.39 is 35.4 Å². The first kappa shape index (κ1) is 18.6. The first-order valence-electron chi connectivity index (χ1n) is 8.65. The monoisotopic (exact) mass is 368 g/mol. The van der Waals surface area contributed by atoms with Crippen LogP contribution < -0.4 is 10.6 Å². The van der Waals surface area contributed by atoms with Crippen LogP contribution in [0.3, 0.4) is 0 Å². The third-order valence-electron chi connectivity index (χ3n) is 4.71. The molecule has 2 unspecified atom stereocenters. The number of carbonyl (C=O) groups is 3. The molecule has 140 valence electrons. The average molecular weight is 368 g/mol. The van der Waals surface area contributed by atoms with Gasteiger partial charge in [0.15, 0.2) is 5.75 Å². The Labute approximate surface area is 156 Å². The predicted molar refractivity (Wildman–Crippen MR) is 98.9 cm³/mol. The van der Waals surface area contributed by atoms with Gasteiger partial charge >= 0.3 is 5.97 Å². The number of Topliss-reactive ketones (excluding diaryl/α,β-unsaturated/α-hetero) is 2. The van der Waals surface area contributed by atoms with Crippen LogP contribution in [-0.2, 0) is 9.59 Å². The van der Waals surface area contributed by atoms with Gasteiger partial charge in [0, 0.05) is 6.04 Å². The van der Waals surface area contributed by atoms with Gasteiger partial charge in [0.05, 0.1) is 5.69 Å². The summed E-state index contributed by atoms with van der Waals surface area (Å²) < 4.78 is 0. The number of carbonyl (C=O) groups excluding carboxylic acids is 2. The number of anilines is 1. The van der Waals surface area contributed by atoms with E-state index in [0.717, 1.165) is 5.56 Å². The van der Waals surface area contributed by atoms with Crippen molar-refractivity contribution in [2.45, 2.75) is 31.5 Å². The summed E-state index contributed by atoms with van der Waals surface area (Å²) in [6.45, 7) is 1.97. The van der Waals surface area contributed by atoms with Gasteiger partial charge in [-0.1, -0.05) is 43.3 Å². The molecule has 1 saturated carbocycles. The van der Waals surface area contributed by atoms with Crippen LogP contribution in [0.25, 0.3) is 0 Å². The number of aromatic carboxylic acids is 1. The Morgan fingerprint density at radius 2 is 1.70 bits per heavy atom. The highest BCUT2D eigenvalue weighted by Gasteiger charge is 2.50. The first-order valence-corrected chi connectivity index (χ1v) is 8.65. The maximum Gasteiger partial charge on any atom is 0.339 e. The van der Waals surface area contributed by atoms with Gasteiger partial charge in [0.1, 0.15) is 17.6 Å². The summed E-state index contributed by atoms with van der Waals surface area (Å²) in [5, 5.41) is 25.2. The number of rotatable bonds is 7. The number of phenols is 1. The van der Waals surface area contributed by atoms with Gasteiger partial charge in [-0.15, -0.1) is 0 Å². The number of nitrogens with one attached hydrogen (secondary N) is 2. The highest BCUT2D eigenvalue weighted by molar-refractivity contribution is 6.49. The van der Waals surface area contributed by atoms with Crippen molar-refractivity contribution < 1.29 is 24.6 Å². The topological polar surface area (TPSA) is 116 Å². The lowest BCUT2D eigenvalue weighted by atomic mass is 9.81. The van der Waals surface area contributed by atoms with Crippen molar-refractivity contribution in [3.63, 3.8) is 0 Å². The van der Waals surface area contributed by atoms with Crippen LogP contribution in [0.15, 0.2) is 48.5 Å². The number of aromatic hydroxyl groups is 1. The zero-order valence-corrected chi connectivity index (χ0v) is 14.7. The summed E-state index contributed by atoms with van der Waals surface area (Å²) in [6, 6.07) is 12.0. The zero-order chi connectivity index (χ0) is 19.6. The summed E-state index contributed by atoms with van der Waals surface area (Å²) in [5.74, 6) is -2.88. The van der Waals surface area contributed by atoms with Gasteiger partial charge in [-0.25, -0.2) is 4.79 Å². The van der Waals surface area contributed by atoms with Crippen LogP contribution >= 0.6 is 0 Å². The molecule has 3 atom stereocenters. The second-order valence-electron chi connectivity index (χ2n) is 6.37. The molecule has 2 aromatic carbocycles. The molecule has 0 saturated heterocycles. The summed E-state index contributed by atoms with van der Waals surface area (Å²) in [7, 11) is 0. The van der Waals surface area contributed by atoms with Crippen molar-refractivity contribution in [3.8, 4) is 5.75 Å². The van der Waals surface area contributed by atoms with Crippen molar-refractivity contribution in [2.24, 2.45) is 0 Å². The van der Waals surface area contributed by atoms with Gasteiger partial charge in [0.25, 0.3) is 0 Å². The highest BCUT2D eigenvalue weighted by Crippen LogP contribution is 2.31. The fourth-order valence-corrected chi connectivity index (χ4v) is 3.19. The minimum Gasteiger partial charge on any atom is -0.505 e. The second kappa shape index (κ2) is 7.59. The molecule has 0 aromatic heterocycles. The summed E-state index contributed by atoms with van der Waals surface area (Å²) in [4.78, 5) is 35.3. The average Bonchev–Trinajstić information content (AvgIpc) is 2.68. The molecule has 1 aliphatic carbocycles. The number of hydrogen-bond acceptors (Lipinski definition) is 6. The number of carboxylic acids is 1. The summed E-state index contributed by atoms with van der Waals surface area (Å²) in [5.41, 5.74) is 0.820. The lowest BCUT2D eigenvalue weighted by molar-refractivity contribution is -0.145. The van der Waals surface area contributed by atoms with Crippen LogP contribution in [-0.4, -0.2) is 39.8 Å². The van der Waals surface area contributed by atoms with E-state index in [1.54, 1.807) is 0 Å². The largest absolute Gasteiger partial charge is 0.505 e. The summed E-state index contributed by atoms with van der Waals surface area (Å²) >= 11 is 0. The molecule has 0 amide bonds. The van der Waals surface area contributed by atoms with Gasteiger partial charge in [0.2, 0.25) is 11.6 Å². The maximum absolute atomic E-state index is 12.1. The number of para-hydroxylation sites is 1. The lowest BCUT2D eigenvalue weighted by Crippen LogP contribution is -2.67. The molecule has 1 aliphatic rings. The van der Waals surface area contributed by atoms with E-state index in [-0.39, 0.29) is 17.3 Å². The number of hydrogen-bond donors (Lipinski definition) is 4. The zero-order valence-electron chi connectivity index (χ0n) is 14.7. The number of carboxylic acid groups (broad SMARTS) is 1. The Balaban J connectivity index is 1.79. The third-order valence-corrected chi connectivity index (χ3v) is 4.71. The van der Waals surface area contributed by atoms with Crippen molar-refractivity contribution in [1.82, 2.24) is 5.32 Å². The van der Waals surface area contributed by atoms with E-state index in [1.807, 2.05) is 37.3 Å². The SMILES string of the molecule is CC[C@@H](NC1C(=O)C(=O)C1Nc1cccc(C(=O)O)c1O)c1ccccc1. The van der Waals surface area contributed by atoms with Crippen molar-refractivity contribution in [1.29, 1.82) is 0 Å². The van der Waals surface area contributed by atoms with E-state index in [1.165, 1.54) is 18.2 Å². The molecule has 0 heterocycles. The molecule has 0 aliphatic heterocycles. The normalized spacial score (nSPS) is 20.0. The molecule has 7 heteroatoms. The Kier molecular flexibility index (Phi) is 5.23. The minimum absolute atomic E-state index is 0.0975. The van der Waals surface area contributed by atoms with E-state index in [2.05, 4.69) is 10.6 Å². The van der Waals surface area contributed by atoms with Gasteiger partial charge in [-0.2, -0.15) is 0 Å². The number of benzene rings is 2. The molecule has 0 bridgehead atoms. The maximum atomic E-state index is 12.1. The van der Waals surface area contributed by atoms with Crippen LogP contribution in [0.4, 0.5) is 5.69 Å². The molecule has 2 aromatic rings. The van der Waals surface area contributed by atoms with Gasteiger partial charge in [-0.05, 0) is 24.1 Å². The highest BCUT2D eigenvalue weighted by atomic mass is 16.4. The van der Waals surface area contributed by atoms with Gasteiger partial charge in [-0.3, -0.25) is 14.9 Å². The fraction of sp³-hybridized carbons (Fsp3) is 0.250. The first-order chi connectivity index (χ1) is 12.9. The molecule has 1 fully saturated rings. The van der Waals surface area contributed by atoms with Crippen molar-refractivity contribution in [3.05, 3.63) is 59.7 Å². The molecule has 0 spiro atoms. The van der Waals surface area contributed by atoms with Crippen LogP contribution in [0.5, 0.6) is 5.75 Å². The second-order valence-corrected chi connectivity index (χ2v) is 6.37. The molecular weight excluding hydrogens is 348 g/mol. The number of ketones is 2. The molecule has 7 nitrogen and oxygen atoms in total. The van der Waals surface area contributed by atoms with Crippen molar-refractivity contribution in [2.75, 3.05) is 5.32 Å². The van der Waals surface area contributed by atoms with Crippen LogP contribution in [0.2, 0.25) is 0 Å². The summed E-state index contributed by atoms with van der Waals surface area (Å²) in [6.07, 6.45) is 0.717. The standard InChI is InChI=1S/C20H20N2O5/c1-2-13(11-7-4-3-5-8-11)21-15-16(19(25)18(15)24)22-14-10-6-9-12(17(14)23)20(26)27/h3-10,13,15-16,21-23H,2H2,1H3,(H,26,27)/t13-,15?,16?/m1/s1. The van der Waals surface area contributed by atoms with E-state index in [0.29, 0.717) is 6.42 Å². The van der Waals surface area contributed by atoms with E-state index >= 15 is 0 Å². The molecule has 3 rings (SSSR count). The molecule has 4 N–H and O–H groups in total. The van der Waals surface area contributed by atoms with E-state index in [9.17, 15) is 19.5 Å². The lowest BCUT2D eigenvalue weighted by Gasteiger charge is -2.37. The Hall–Kier alpha value is -3.19. The fourth-order valence-electron chi connectivity index (χ4n) is 3.19. The van der Waals surface area contributed by atoms with Crippen molar-refractivity contribution >= 4 is 23.2 Å². The smallest absolute Gasteiger partial charge is 0.339 e. The molecule has 27 heavy (non-hydrogen) atoms. The Bertz CT molecular complexity index is 881. The molecular formula is C20H20N2O5. The Morgan fingerprint density at radius 3 is 2.33 bits per heavy atom. The minimum atomic E-state index is -1.28. The molecule has 0 radical (unpaired) electrons. The van der Waals surface area contributed by atoms with Crippen LogP contribution in [0.1, 0.15) is 35.3 Å². The third kappa shape index (κ3) is 3.54. The van der Waals surface area contributed by atoms with E-state index in [4.69, 9.17) is 5.11 Å². The predicted octanol–water partition coefficient (Wildman–Crippen LogP) is 2.13. The Morgan fingerprint density at radius 1 is 1.04 bits per heavy atom. The van der Waals surface area contributed by atoms with Crippen LogP contribution in [0, 0.1) is 0 Å². The quantitative estimate of drug-likeness (QED) is 0.437. The van der Waals surface area contributed by atoms with Gasteiger partial charge < -0.3 is 15.5 Å².